The minimum absolute atomic E-state index is 0.691. The molecule has 0 spiro atoms. The Hall–Kier alpha value is -2.55. The normalized spacial score (nSPS) is 10.7. The van der Waals surface area contributed by atoms with E-state index in [0.717, 1.165) is 35.1 Å². The molecule has 3 aromatic rings. The van der Waals surface area contributed by atoms with Crippen LogP contribution in [0, 0.1) is 0 Å². The zero-order valence-corrected chi connectivity index (χ0v) is 11.8. The summed E-state index contributed by atoms with van der Waals surface area (Å²) in [6.07, 6.45) is 5.62. The van der Waals surface area contributed by atoms with E-state index >= 15 is 0 Å². The second-order valence-corrected chi connectivity index (χ2v) is 5.01. The number of aryl methyl sites for hydroxylation is 1. The lowest BCUT2D eigenvalue weighted by Crippen LogP contribution is -2.00. The molecular weight excluding hydrogens is 260 g/mol. The van der Waals surface area contributed by atoms with E-state index in [4.69, 9.17) is 10.5 Å². The van der Waals surface area contributed by atoms with E-state index in [1.54, 1.807) is 0 Å². The van der Waals surface area contributed by atoms with Crippen molar-refractivity contribution in [2.24, 2.45) is 0 Å². The van der Waals surface area contributed by atoms with Crippen molar-refractivity contribution in [3.63, 3.8) is 0 Å². The van der Waals surface area contributed by atoms with Crippen molar-refractivity contribution >= 4 is 16.5 Å². The number of anilines is 1. The van der Waals surface area contributed by atoms with Crippen LogP contribution in [0.4, 0.5) is 5.69 Å². The van der Waals surface area contributed by atoms with Crippen molar-refractivity contribution in [2.75, 3.05) is 12.3 Å². The average Bonchev–Trinajstić information content (AvgIpc) is 2.55. The third-order valence-electron chi connectivity index (χ3n) is 3.53. The summed E-state index contributed by atoms with van der Waals surface area (Å²) >= 11 is 0. The lowest BCUT2D eigenvalue weighted by atomic mass is 10.1. The van der Waals surface area contributed by atoms with Gasteiger partial charge in [0.15, 0.2) is 0 Å². The molecule has 1 heterocycles. The minimum Gasteiger partial charge on any atom is -0.493 e. The van der Waals surface area contributed by atoms with Crippen molar-refractivity contribution in [3.8, 4) is 5.75 Å². The molecule has 1 aromatic heterocycles. The smallest absolute Gasteiger partial charge is 0.127 e. The summed E-state index contributed by atoms with van der Waals surface area (Å²) in [4.78, 5) is 4.02. The van der Waals surface area contributed by atoms with E-state index in [1.807, 2.05) is 60.9 Å². The maximum absolute atomic E-state index is 5.99. The Morgan fingerprint density at radius 3 is 2.48 bits per heavy atom. The highest BCUT2D eigenvalue weighted by Gasteiger charge is 2.04. The summed E-state index contributed by atoms with van der Waals surface area (Å²) in [5, 5.41) is 2.12. The molecule has 2 aromatic carbocycles. The molecular formula is C18H18N2O. The highest BCUT2D eigenvalue weighted by molar-refractivity contribution is 5.96. The van der Waals surface area contributed by atoms with Crippen molar-refractivity contribution < 1.29 is 4.74 Å². The largest absolute Gasteiger partial charge is 0.493 e. The van der Waals surface area contributed by atoms with Crippen molar-refractivity contribution in [3.05, 3.63) is 66.5 Å². The van der Waals surface area contributed by atoms with Gasteiger partial charge in [0.25, 0.3) is 0 Å². The van der Waals surface area contributed by atoms with Crippen LogP contribution in [0.25, 0.3) is 10.8 Å². The van der Waals surface area contributed by atoms with E-state index in [9.17, 15) is 0 Å². The molecule has 0 saturated heterocycles. The lowest BCUT2D eigenvalue weighted by molar-refractivity contribution is 0.314. The summed E-state index contributed by atoms with van der Waals surface area (Å²) in [5.74, 6) is 0.898. The number of benzene rings is 2. The maximum atomic E-state index is 5.99. The molecule has 3 rings (SSSR count). The molecule has 0 amide bonds. The van der Waals surface area contributed by atoms with E-state index in [-0.39, 0.29) is 0 Å². The molecule has 0 bridgehead atoms. The van der Waals surface area contributed by atoms with Crippen LogP contribution in [0.5, 0.6) is 5.75 Å². The second kappa shape index (κ2) is 6.27. The molecule has 0 unspecified atom stereocenters. The van der Waals surface area contributed by atoms with Crippen LogP contribution in [0.2, 0.25) is 0 Å². The van der Waals surface area contributed by atoms with Crippen LogP contribution < -0.4 is 10.5 Å². The number of fused-ring (bicyclic) bond motifs is 1. The summed E-state index contributed by atoms with van der Waals surface area (Å²) in [6, 6.07) is 16.0. The number of rotatable bonds is 5. The van der Waals surface area contributed by atoms with Crippen LogP contribution in [-0.4, -0.2) is 11.6 Å². The zero-order chi connectivity index (χ0) is 14.5. The fraction of sp³-hybridized carbons (Fsp3) is 0.167. The van der Waals surface area contributed by atoms with Gasteiger partial charge in [-0.05, 0) is 42.7 Å². The van der Waals surface area contributed by atoms with Gasteiger partial charge < -0.3 is 10.5 Å². The Bertz CT molecular complexity index is 726. The molecule has 0 aliphatic carbocycles. The second-order valence-electron chi connectivity index (χ2n) is 5.01. The zero-order valence-electron chi connectivity index (χ0n) is 11.8. The van der Waals surface area contributed by atoms with Crippen molar-refractivity contribution in [1.29, 1.82) is 0 Å². The Labute approximate surface area is 124 Å². The van der Waals surface area contributed by atoms with E-state index in [2.05, 4.69) is 4.98 Å². The van der Waals surface area contributed by atoms with Crippen LogP contribution in [0.15, 0.2) is 60.9 Å². The number of pyridine rings is 1. The minimum atomic E-state index is 0.691. The highest BCUT2D eigenvalue weighted by atomic mass is 16.5. The maximum Gasteiger partial charge on any atom is 0.127 e. The van der Waals surface area contributed by atoms with Gasteiger partial charge in [-0.25, -0.2) is 0 Å². The highest BCUT2D eigenvalue weighted by Crippen LogP contribution is 2.29. The van der Waals surface area contributed by atoms with E-state index in [0.29, 0.717) is 6.61 Å². The number of nitrogens with two attached hydrogens (primary N) is 1. The van der Waals surface area contributed by atoms with Gasteiger partial charge >= 0.3 is 0 Å². The Morgan fingerprint density at radius 2 is 1.67 bits per heavy atom. The van der Waals surface area contributed by atoms with Gasteiger partial charge in [0.2, 0.25) is 0 Å². The first-order valence-electron chi connectivity index (χ1n) is 7.13. The average molecular weight is 278 g/mol. The number of nitrogen functional groups attached to an aromatic ring is 1. The van der Waals surface area contributed by atoms with Gasteiger partial charge in [0.05, 0.1) is 6.61 Å². The first-order chi connectivity index (χ1) is 10.3. The van der Waals surface area contributed by atoms with Gasteiger partial charge in [-0.2, -0.15) is 0 Å². The van der Waals surface area contributed by atoms with Crippen molar-refractivity contribution in [2.45, 2.75) is 12.8 Å². The Kier molecular flexibility index (Phi) is 4.01. The fourth-order valence-corrected chi connectivity index (χ4v) is 2.43. The monoisotopic (exact) mass is 278 g/mol. The number of nitrogens with zero attached hydrogens (tertiary/aromatic N) is 1. The van der Waals surface area contributed by atoms with Crippen LogP contribution >= 0.6 is 0 Å². The molecule has 0 fully saturated rings. The van der Waals surface area contributed by atoms with Crippen LogP contribution in [0.3, 0.4) is 0 Å². The quantitative estimate of drug-likeness (QED) is 0.570. The lowest BCUT2D eigenvalue weighted by Gasteiger charge is -2.10. The molecule has 0 saturated carbocycles. The van der Waals surface area contributed by atoms with Crippen LogP contribution in [0.1, 0.15) is 12.0 Å². The fourth-order valence-electron chi connectivity index (χ4n) is 2.43. The molecule has 2 N–H and O–H groups in total. The summed E-state index contributed by atoms with van der Waals surface area (Å²) in [7, 11) is 0. The van der Waals surface area contributed by atoms with Gasteiger partial charge in [-0.3, -0.25) is 4.98 Å². The Balaban J connectivity index is 1.65. The molecule has 0 atom stereocenters. The first kappa shape index (κ1) is 13.4. The third kappa shape index (κ3) is 3.14. The van der Waals surface area contributed by atoms with Gasteiger partial charge in [-0.15, -0.1) is 0 Å². The number of hydrogen-bond donors (Lipinski definition) is 1. The van der Waals surface area contributed by atoms with Gasteiger partial charge in [-0.1, -0.05) is 24.3 Å². The predicted octanol–water partition coefficient (Wildman–Crippen LogP) is 3.83. The van der Waals surface area contributed by atoms with E-state index in [1.165, 1.54) is 5.56 Å². The first-order valence-corrected chi connectivity index (χ1v) is 7.13. The topological polar surface area (TPSA) is 48.1 Å². The van der Waals surface area contributed by atoms with Crippen molar-refractivity contribution in [1.82, 2.24) is 4.98 Å². The molecule has 0 aliphatic heterocycles. The molecule has 3 nitrogen and oxygen atoms in total. The van der Waals surface area contributed by atoms with Gasteiger partial charge in [0.1, 0.15) is 5.75 Å². The third-order valence-corrected chi connectivity index (χ3v) is 3.53. The molecule has 0 radical (unpaired) electrons. The summed E-state index contributed by atoms with van der Waals surface area (Å²) in [5.41, 5.74) is 8.07. The number of aromatic nitrogens is 1. The summed E-state index contributed by atoms with van der Waals surface area (Å²) < 4.78 is 5.92. The number of ether oxygens (including phenoxy) is 1. The standard InChI is InChI=1S/C18H18N2O/c19-17-7-8-18(16-6-2-1-5-15(16)17)21-13-3-4-14-9-11-20-12-10-14/h1-2,5-12H,3-4,13,19H2. The van der Waals surface area contributed by atoms with E-state index < -0.39 is 0 Å². The predicted molar refractivity (Wildman–Crippen MR) is 86.4 cm³/mol. The molecule has 3 heteroatoms. The molecule has 21 heavy (non-hydrogen) atoms. The van der Waals surface area contributed by atoms with Crippen LogP contribution in [-0.2, 0) is 6.42 Å². The number of hydrogen-bond acceptors (Lipinski definition) is 3. The Morgan fingerprint density at radius 1 is 0.905 bits per heavy atom. The molecule has 0 aliphatic rings. The van der Waals surface area contributed by atoms with Gasteiger partial charge in [0, 0.05) is 28.9 Å². The molecule has 106 valence electrons. The summed E-state index contributed by atoms with van der Waals surface area (Å²) in [6.45, 7) is 0.691. The SMILES string of the molecule is Nc1ccc(OCCCc2ccncc2)c2ccccc12.